The van der Waals surface area contributed by atoms with Crippen molar-refractivity contribution in [2.75, 3.05) is 18.5 Å². The molecule has 0 fully saturated rings. The number of hydrogen-bond donors (Lipinski definition) is 0. The van der Waals surface area contributed by atoms with Crippen molar-refractivity contribution in [3.63, 3.8) is 0 Å². The Morgan fingerprint density at radius 3 is 1.86 bits per heavy atom. The van der Waals surface area contributed by atoms with Gasteiger partial charge in [-0.2, -0.15) is 0 Å². The van der Waals surface area contributed by atoms with Crippen molar-refractivity contribution >= 4 is 7.05 Å². The molecule has 1 rings (SSSR count). The van der Waals surface area contributed by atoms with Gasteiger partial charge < -0.3 is 0 Å². The topological polar surface area (TPSA) is 12.4 Å². The second-order valence-corrected chi connectivity index (χ2v) is 11.3. The van der Waals surface area contributed by atoms with Gasteiger partial charge in [-0.25, -0.2) is 0 Å². The van der Waals surface area contributed by atoms with E-state index in [0.29, 0.717) is 0 Å². The normalized spacial score (nSPS) is 12.9. The molecule has 0 aromatic heterocycles. The van der Waals surface area contributed by atoms with Gasteiger partial charge in [0.15, 0.2) is 0 Å². The van der Waals surface area contributed by atoms with Crippen molar-refractivity contribution in [2.24, 2.45) is 4.74 Å². The molecule has 0 unspecified atom stereocenters. The molecule has 0 radical (unpaired) electrons. The molecule has 1 nitrogen and oxygen atoms in total. The van der Waals surface area contributed by atoms with Crippen LogP contribution < -0.4 is 0 Å². The van der Waals surface area contributed by atoms with Crippen molar-refractivity contribution in [1.82, 2.24) is 0 Å². The fourth-order valence-corrected chi connectivity index (χ4v) is 7.52. The van der Waals surface area contributed by atoms with Crippen LogP contribution in [0.15, 0.2) is 53.5 Å². The first kappa shape index (κ1) is 30.1. The molecule has 3 heteroatoms. The van der Waals surface area contributed by atoms with Gasteiger partial charge in [0.25, 0.3) is 0 Å². The largest absolute Gasteiger partial charge is 0.272 e. The third kappa shape index (κ3) is 15.8. The number of nitrogens with zero attached hydrogens (tertiary/aromatic N) is 1. The Bertz CT molecular complexity index is 474. The maximum absolute atomic E-state index is 5.33. The fraction of sp³-hybridized carbons (Fsp3) is 0.680. The second kappa shape index (κ2) is 21.6. The van der Waals surface area contributed by atoms with E-state index in [1.165, 1.54) is 82.0 Å². The predicted octanol–water partition coefficient (Wildman–Crippen LogP) is 9.35. The summed E-state index contributed by atoms with van der Waals surface area (Å²) < 4.78 is 5.33. The third-order valence-electron chi connectivity index (χ3n) is 4.87. The van der Waals surface area contributed by atoms with Crippen LogP contribution in [-0.4, -0.2) is 18.5 Å². The second-order valence-electron chi connectivity index (χ2n) is 7.52. The summed E-state index contributed by atoms with van der Waals surface area (Å²) in [5.74, 6) is 0. The van der Waals surface area contributed by atoms with Gasteiger partial charge in [-0.1, -0.05) is 96.8 Å². The van der Waals surface area contributed by atoms with E-state index in [4.69, 9.17) is 4.74 Å². The van der Waals surface area contributed by atoms with Gasteiger partial charge in [-0.3, -0.25) is 4.74 Å². The van der Waals surface area contributed by atoms with Gasteiger partial charge in [0.05, 0.1) is 0 Å². The molecule has 0 heterocycles. The maximum Gasteiger partial charge on any atom is 0.0425 e. The van der Waals surface area contributed by atoms with E-state index in [0.717, 1.165) is 6.42 Å². The number of unbranched alkanes of at least 4 members (excludes halogenated alkanes) is 5. The smallest absolute Gasteiger partial charge is 0.0425 e. The quantitative estimate of drug-likeness (QED) is 0.111. The van der Waals surface area contributed by atoms with Gasteiger partial charge in [-0.05, 0) is 57.3 Å². The van der Waals surface area contributed by atoms with Crippen LogP contribution in [0.4, 0.5) is 0 Å². The van der Waals surface area contributed by atoms with E-state index < -0.39 is 7.05 Å². The summed E-state index contributed by atoms with van der Waals surface area (Å²) in [7, 11) is -1.08. The minimum atomic E-state index is -1.08. The molecule has 0 atom stereocenters. The van der Waals surface area contributed by atoms with Crippen LogP contribution in [0.1, 0.15) is 91.9 Å². The molecule has 0 bridgehead atoms. The monoisotopic (exact) mass is 439 g/mol. The standard InChI is InChI=1S/C17H32NP.C8H14.Ti/c1-4-7-14-19(15-8-5-2,16-9-6-3)18-17-12-10-11-13-17;1-3-5-7-8-6-4-2;/h10-12H,4-9,13-16H2,1-3H3;3,5,7H,1,4,6,8H2,2H3;. The third-order valence-corrected chi connectivity index (χ3v) is 9.00. The molecule has 1 aliphatic carbocycles. The van der Waals surface area contributed by atoms with E-state index in [9.17, 15) is 0 Å². The summed E-state index contributed by atoms with van der Waals surface area (Å²) in [6, 6.07) is 0. The molecule has 0 aromatic carbocycles. The van der Waals surface area contributed by atoms with Gasteiger partial charge in [0.1, 0.15) is 0 Å². The van der Waals surface area contributed by atoms with Crippen LogP contribution in [0.2, 0.25) is 0 Å². The zero-order chi connectivity index (χ0) is 20.2. The van der Waals surface area contributed by atoms with Gasteiger partial charge >= 0.3 is 0 Å². The molecule has 0 aromatic rings. The molecule has 0 aliphatic heterocycles. The first-order chi connectivity index (χ1) is 13.2. The minimum absolute atomic E-state index is 0. The molecule has 160 valence electrons. The molecule has 0 amide bonds. The first-order valence-corrected chi connectivity index (χ1v) is 13.7. The summed E-state index contributed by atoms with van der Waals surface area (Å²) in [6.45, 7) is 12.7. The van der Waals surface area contributed by atoms with Crippen LogP contribution >= 0.6 is 7.05 Å². The van der Waals surface area contributed by atoms with Crippen molar-refractivity contribution in [3.8, 4) is 0 Å². The van der Waals surface area contributed by atoms with Crippen molar-refractivity contribution in [3.05, 3.63) is 48.7 Å². The summed E-state index contributed by atoms with van der Waals surface area (Å²) in [5.41, 5.74) is 1.36. The van der Waals surface area contributed by atoms with E-state index in [-0.39, 0.29) is 21.7 Å². The number of rotatable bonds is 14. The summed E-state index contributed by atoms with van der Waals surface area (Å²) in [6.07, 6.45) is 29.7. The van der Waals surface area contributed by atoms with E-state index in [1.807, 2.05) is 12.2 Å². The molecule has 0 saturated heterocycles. The molecule has 0 N–H and O–H groups in total. The van der Waals surface area contributed by atoms with Gasteiger partial charge in [0.2, 0.25) is 0 Å². The molecule has 0 saturated carbocycles. The zero-order valence-electron chi connectivity index (χ0n) is 19.3. The van der Waals surface area contributed by atoms with Crippen LogP contribution in [0.5, 0.6) is 0 Å². The van der Waals surface area contributed by atoms with E-state index in [1.54, 1.807) is 0 Å². The first-order valence-electron chi connectivity index (χ1n) is 11.4. The van der Waals surface area contributed by atoms with E-state index >= 15 is 0 Å². The van der Waals surface area contributed by atoms with Gasteiger partial charge in [-0.15, -0.1) is 0 Å². The van der Waals surface area contributed by atoms with Crippen molar-refractivity contribution in [1.29, 1.82) is 0 Å². The Kier molecular flexibility index (Phi) is 23.2. The Morgan fingerprint density at radius 2 is 1.46 bits per heavy atom. The fourth-order valence-electron chi connectivity index (χ4n) is 3.14. The van der Waals surface area contributed by atoms with Crippen molar-refractivity contribution < 1.29 is 21.7 Å². The SMILES string of the molecule is C=CC=CCCCC.CCCCP(CCCC)(CCCC)=NC1=CC=CC1.[Ti]. The van der Waals surface area contributed by atoms with E-state index in [2.05, 4.69) is 58.6 Å². The Morgan fingerprint density at radius 1 is 0.929 bits per heavy atom. The molecule has 0 spiro atoms. The molecular weight excluding hydrogens is 393 g/mol. The Labute approximate surface area is 192 Å². The van der Waals surface area contributed by atoms with Crippen LogP contribution in [0, 0.1) is 0 Å². The summed E-state index contributed by atoms with van der Waals surface area (Å²) >= 11 is 0. The van der Waals surface area contributed by atoms with Crippen LogP contribution in [-0.2, 0) is 21.7 Å². The molecular formula is C25H46NPTi. The average molecular weight is 439 g/mol. The summed E-state index contributed by atoms with van der Waals surface area (Å²) in [5, 5.41) is 0. The van der Waals surface area contributed by atoms with Crippen LogP contribution in [0.25, 0.3) is 0 Å². The molecule has 28 heavy (non-hydrogen) atoms. The number of allylic oxidation sites excluding steroid dienone is 6. The zero-order valence-corrected chi connectivity index (χ0v) is 21.7. The maximum atomic E-state index is 5.33. The predicted molar refractivity (Wildman–Crippen MR) is 129 cm³/mol. The van der Waals surface area contributed by atoms with Crippen molar-refractivity contribution in [2.45, 2.75) is 91.9 Å². The molecule has 1 aliphatic rings. The van der Waals surface area contributed by atoms with Gasteiger partial charge in [0, 0.05) is 33.8 Å². The Balaban J connectivity index is 0. The summed E-state index contributed by atoms with van der Waals surface area (Å²) in [4.78, 5) is 0. The Hall–Kier alpha value is -0.0957. The average Bonchev–Trinajstić information content (AvgIpc) is 3.20. The number of hydrogen-bond acceptors (Lipinski definition) is 1. The minimum Gasteiger partial charge on any atom is -0.272 e. The van der Waals surface area contributed by atoms with Crippen LogP contribution in [0.3, 0.4) is 0 Å².